The molecule has 0 fully saturated rings. The van der Waals surface area contributed by atoms with E-state index < -0.39 is 0 Å². The zero-order chi connectivity index (χ0) is 24.5. The van der Waals surface area contributed by atoms with Crippen LogP contribution in [0.25, 0.3) is 44.1 Å². The van der Waals surface area contributed by atoms with Gasteiger partial charge in [0, 0.05) is 40.3 Å². The molecule has 0 radical (unpaired) electrons. The average molecular weight is 506 g/mol. The van der Waals surface area contributed by atoms with Gasteiger partial charge in [-0.2, -0.15) is 0 Å². The van der Waals surface area contributed by atoms with Crippen molar-refractivity contribution in [2.75, 3.05) is 0 Å². The number of nitrogens with zero attached hydrogens (tertiary/aromatic N) is 5. The minimum Gasteiger partial charge on any atom is -0.305 e. The number of rotatable bonds is 6. The van der Waals surface area contributed by atoms with Gasteiger partial charge in [0.1, 0.15) is 5.01 Å². The van der Waals surface area contributed by atoms with Crippen molar-refractivity contribution in [1.82, 2.24) is 24.7 Å². The summed E-state index contributed by atoms with van der Waals surface area (Å²) in [4.78, 5) is 9.78. The van der Waals surface area contributed by atoms with E-state index in [0.29, 0.717) is 0 Å². The van der Waals surface area contributed by atoms with Crippen molar-refractivity contribution in [1.29, 1.82) is 0 Å². The highest BCUT2D eigenvalue weighted by molar-refractivity contribution is 7.98. The third kappa shape index (κ3) is 4.32. The summed E-state index contributed by atoms with van der Waals surface area (Å²) >= 11 is 3.34. The Morgan fingerprint density at radius 1 is 0.833 bits per heavy atom. The van der Waals surface area contributed by atoms with Crippen LogP contribution in [0.15, 0.2) is 95.5 Å². The van der Waals surface area contributed by atoms with E-state index in [1.165, 1.54) is 11.1 Å². The van der Waals surface area contributed by atoms with Crippen molar-refractivity contribution in [3.8, 4) is 33.2 Å². The zero-order valence-corrected chi connectivity index (χ0v) is 21.6. The second kappa shape index (κ2) is 9.68. The summed E-state index contributed by atoms with van der Waals surface area (Å²) in [5, 5.41) is 14.2. The number of benzene rings is 3. The fourth-order valence-electron chi connectivity index (χ4n) is 4.24. The molecule has 3 aromatic heterocycles. The van der Waals surface area contributed by atoms with Gasteiger partial charge in [-0.25, -0.2) is 9.97 Å². The van der Waals surface area contributed by atoms with Gasteiger partial charge < -0.3 is 4.57 Å². The average Bonchev–Trinajstić information content (AvgIpc) is 3.54. The molecule has 36 heavy (non-hydrogen) atoms. The molecule has 7 heteroatoms. The molecule has 0 spiro atoms. The molecule has 176 valence electrons. The predicted molar refractivity (Wildman–Crippen MR) is 149 cm³/mol. The quantitative estimate of drug-likeness (QED) is 0.220. The topological polar surface area (TPSA) is 56.5 Å². The molecule has 0 N–H and O–H groups in total. The number of aromatic nitrogens is 5. The Morgan fingerprint density at radius 3 is 2.47 bits per heavy atom. The van der Waals surface area contributed by atoms with E-state index in [4.69, 9.17) is 9.97 Å². The minimum atomic E-state index is 0.737. The van der Waals surface area contributed by atoms with Gasteiger partial charge in [-0.15, -0.1) is 21.5 Å². The fourth-order valence-corrected chi connectivity index (χ4v) is 6.06. The SMILES string of the molecule is Cc1ccccc1-c1nc(CSc2nnc(-c3cc(-c4ccccc4)nc4ccccc34)n2C)cs1. The number of hydrogen-bond donors (Lipinski definition) is 0. The Balaban J connectivity index is 1.30. The third-order valence-corrected chi connectivity index (χ3v) is 8.12. The van der Waals surface area contributed by atoms with Gasteiger partial charge in [-0.3, -0.25) is 0 Å². The molecule has 0 aliphatic carbocycles. The molecule has 5 nitrogen and oxygen atoms in total. The molecule has 0 saturated carbocycles. The van der Waals surface area contributed by atoms with Crippen molar-refractivity contribution < 1.29 is 0 Å². The highest BCUT2D eigenvalue weighted by Gasteiger charge is 2.17. The number of aryl methyl sites for hydroxylation is 1. The Hall–Kier alpha value is -3.81. The Kier molecular flexibility index (Phi) is 6.09. The lowest BCUT2D eigenvalue weighted by atomic mass is 10.0. The number of para-hydroxylation sites is 1. The molecule has 3 aromatic carbocycles. The van der Waals surface area contributed by atoms with Gasteiger partial charge in [0.15, 0.2) is 11.0 Å². The monoisotopic (exact) mass is 505 g/mol. The molecule has 0 unspecified atom stereocenters. The van der Waals surface area contributed by atoms with E-state index in [9.17, 15) is 0 Å². The summed E-state index contributed by atoms with van der Waals surface area (Å²) in [6.45, 7) is 2.12. The number of pyridine rings is 1. The molecule has 0 saturated heterocycles. The van der Waals surface area contributed by atoms with Gasteiger partial charge in [-0.1, -0.05) is 84.6 Å². The molecule has 3 heterocycles. The molecular weight excluding hydrogens is 482 g/mol. The largest absolute Gasteiger partial charge is 0.305 e. The molecule has 0 aliphatic rings. The molecule has 6 rings (SSSR count). The van der Waals surface area contributed by atoms with Crippen LogP contribution in [0.1, 0.15) is 11.3 Å². The standard InChI is InChI=1S/C29H23N5S2/c1-19-10-6-7-13-22(19)28-30-21(17-35-28)18-36-29-33-32-27(34(29)2)24-16-26(20-11-4-3-5-12-20)31-25-15-9-8-14-23(24)25/h3-17H,18H2,1-2H3. The summed E-state index contributed by atoms with van der Waals surface area (Å²) in [6.07, 6.45) is 0. The minimum absolute atomic E-state index is 0.737. The summed E-state index contributed by atoms with van der Waals surface area (Å²) in [6, 6.07) is 28.9. The van der Waals surface area contributed by atoms with Gasteiger partial charge in [0.2, 0.25) is 0 Å². The van der Waals surface area contributed by atoms with Gasteiger partial charge >= 0.3 is 0 Å². The summed E-state index contributed by atoms with van der Waals surface area (Å²) in [7, 11) is 2.02. The Bertz CT molecular complexity index is 1670. The highest BCUT2D eigenvalue weighted by Crippen LogP contribution is 2.34. The first-order valence-corrected chi connectivity index (χ1v) is 13.5. The van der Waals surface area contributed by atoms with Crippen LogP contribution in [0.3, 0.4) is 0 Å². The molecule has 0 atom stereocenters. The van der Waals surface area contributed by atoms with E-state index in [1.807, 2.05) is 43.4 Å². The second-order valence-corrected chi connectivity index (χ2v) is 10.4. The Labute approximate surface area is 217 Å². The summed E-state index contributed by atoms with van der Waals surface area (Å²) < 4.78 is 2.07. The normalized spacial score (nSPS) is 11.3. The number of thiazole rings is 1. The van der Waals surface area contributed by atoms with E-state index in [2.05, 4.69) is 75.6 Å². The van der Waals surface area contributed by atoms with E-state index >= 15 is 0 Å². The van der Waals surface area contributed by atoms with Crippen molar-refractivity contribution in [2.45, 2.75) is 17.8 Å². The fraction of sp³-hybridized carbons (Fsp3) is 0.103. The first-order valence-electron chi connectivity index (χ1n) is 11.7. The van der Waals surface area contributed by atoms with Crippen molar-refractivity contribution in [2.24, 2.45) is 7.05 Å². The first-order chi connectivity index (χ1) is 17.7. The maximum Gasteiger partial charge on any atom is 0.191 e. The van der Waals surface area contributed by atoms with Crippen LogP contribution < -0.4 is 0 Å². The van der Waals surface area contributed by atoms with E-state index in [0.717, 1.165) is 55.2 Å². The smallest absolute Gasteiger partial charge is 0.191 e. The van der Waals surface area contributed by atoms with E-state index in [1.54, 1.807) is 23.1 Å². The van der Waals surface area contributed by atoms with Crippen LogP contribution in [0.5, 0.6) is 0 Å². The van der Waals surface area contributed by atoms with E-state index in [-0.39, 0.29) is 0 Å². The van der Waals surface area contributed by atoms with Crippen molar-refractivity contribution in [3.63, 3.8) is 0 Å². The first kappa shape index (κ1) is 22.6. The van der Waals surface area contributed by atoms with Crippen LogP contribution in [0, 0.1) is 6.92 Å². The molecular formula is C29H23N5S2. The molecule has 0 bridgehead atoms. The second-order valence-electron chi connectivity index (χ2n) is 8.55. The lowest BCUT2D eigenvalue weighted by Crippen LogP contribution is -1.97. The number of hydrogen-bond acceptors (Lipinski definition) is 6. The lowest BCUT2D eigenvalue weighted by Gasteiger charge is -2.10. The van der Waals surface area contributed by atoms with Crippen LogP contribution in [-0.2, 0) is 12.8 Å². The summed E-state index contributed by atoms with van der Waals surface area (Å²) in [5.74, 6) is 1.56. The van der Waals surface area contributed by atoms with Crippen molar-refractivity contribution in [3.05, 3.63) is 102 Å². The highest BCUT2D eigenvalue weighted by atomic mass is 32.2. The molecule has 0 amide bonds. The van der Waals surface area contributed by atoms with Gasteiger partial charge in [0.05, 0.1) is 16.9 Å². The van der Waals surface area contributed by atoms with Gasteiger partial charge in [-0.05, 0) is 24.6 Å². The predicted octanol–water partition coefficient (Wildman–Crippen LogP) is 7.42. The van der Waals surface area contributed by atoms with Crippen LogP contribution in [0.2, 0.25) is 0 Å². The number of fused-ring (bicyclic) bond motifs is 1. The van der Waals surface area contributed by atoms with Crippen LogP contribution in [-0.4, -0.2) is 24.7 Å². The Morgan fingerprint density at radius 2 is 1.61 bits per heavy atom. The zero-order valence-electron chi connectivity index (χ0n) is 19.9. The van der Waals surface area contributed by atoms with Gasteiger partial charge in [0.25, 0.3) is 0 Å². The van der Waals surface area contributed by atoms with Crippen molar-refractivity contribution >= 4 is 34.0 Å². The maximum atomic E-state index is 4.91. The lowest BCUT2D eigenvalue weighted by molar-refractivity contribution is 0.794. The maximum absolute atomic E-state index is 4.91. The van der Waals surface area contributed by atoms with Crippen LogP contribution in [0.4, 0.5) is 0 Å². The summed E-state index contributed by atoms with van der Waals surface area (Å²) in [5.41, 5.74) is 7.45. The van der Waals surface area contributed by atoms with Crippen LogP contribution >= 0.6 is 23.1 Å². The molecule has 0 aliphatic heterocycles. The third-order valence-electron chi connectivity index (χ3n) is 6.14. The number of thioether (sulfide) groups is 1. The molecule has 6 aromatic rings.